The van der Waals surface area contributed by atoms with Crippen molar-refractivity contribution in [2.45, 2.75) is 37.8 Å². The molecule has 20 heavy (non-hydrogen) atoms. The maximum atomic E-state index is 12.2. The summed E-state index contributed by atoms with van der Waals surface area (Å²) in [6, 6.07) is 0.641. The minimum Gasteiger partial charge on any atom is -0.381 e. The van der Waals surface area contributed by atoms with Gasteiger partial charge in [-0.3, -0.25) is 0 Å². The van der Waals surface area contributed by atoms with E-state index in [1.807, 2.05) is 4.90 Å². The molecule has 0 bridgehead atoms. The molecule has 1 N–H and O–H groups in total. The van der Waals surface area contributed by atoms with Crippen LogP contribution >= 0.6 is 0 Å². The zero-order valence-electron chi connectivity index (χ0n) is 11.6. The third kappa shape index (κ3) is 3.09. The summed E-state index contributed by atoms with van der Waals surface area (Å²) >= 11 is 0. The summed E-state index contributed by atoms with van der Waals surface area (Å²) in [5, 5.41) is 11.5. The molecule has 3 heterocycles. The Labute approximate surface area is 118 Å². The molecule has 2 aliphatic heterocycles. The van der Waals surface area contributed by atoms with Crippen LogP contribution in [0.25, 0.3) is 0 Å². The fraction of sp³-hybridized carbons (Fsp3) is 0.769. The Hall–Kier alpha value is -1.63. The van der Waals surface area contributed by atoms with Gasteiger partial charge in [-0.15, -0.1) is 0 Å². The van der Waals surface area contributed by atoms with E-state index in [4.69, 9.17) is 4.74 Å². The molecule has 3 rings (SSSR count). The van der Waals surface area contributed by atoms with Crippen LogP contribution in [0.5, 0.6) is 0 Å². The van der Waals surface area contributed by atoms with Gasteiger partial charge in [0.05, 0.1) is 18.4 Å². The maximum absolute atomic E-state index is 12.2. The number of hydrogen-bond donors (Lipinski definition) is 1. The molecule has 0 aliphatic carbocycles. The number of rotatable bonds is 2. The number of nitrogens with zero attached hydrogens (tertiary/aromatic N) is 4. The van der Waals surface area contributed by atoms with Gasteiger partial charge in [0.25, 0.3) is 0 Å². The molecule has 2 aliphatic rings. The number of likely N-dealkylation sites (tertiary alicyclic amines) is 1. The maximum Gasteiger partial charge on any atom is 0.317 e. The number of aromatic nitrogens is 3. The molecule has 7 heteroatoms. The van der Waals surface area contributed by atoms with Crippen LogP contribution in [0.15, 0.2) is 12.4 Å². The molecule has 1 aromatic rings. The largest absolute Gasteiger partial charge is 0.381 e. The molecule has 0 saturated carbocycles. The van der Waals surface area contributed by atoms with Gasteiger partial charge < -0.3 is 15.0 Å². The van der Waals surface area contributed by atoms with Crippen LogP contribution in [0.1, 0.15) is 31.7 Å². The highest BCUT2D eigenvalue weighted by Crippen LogP contribution is 2.20. The van der Waals surface area contributed by atoms with Gasteiger partial charge in [-0.2, -0.15) is 15.0 Å². The van der Waals surface area contributed by atoms with Crippen molar-refractivity contribution in [3.8, 4) is 0 Å². The lowest BCUT2D eigenvalue weighted by molar-refractivity contribution is 0.0770. The third-order valence-electron chi connectivity index (χ3n) is 4.06. The summed E-state index contributed by atoms with van der Waals surface area (Å²) in [6.45, 7) is 3.03. The molecule has 0 atom stereocenters. The van der Waals surface area contributed by atoms with Crippen LogP contribution in [-0.4, -0.2) is 58.3 Å². The van der Waals surface area contributed by atoms with Crippen molar-refractivity contribution < 1.29 is 9.53 Å². The first-order chi connectivity index (χ1) is 9.83. The molecule has 0 aromatic carbocycles. The fourth-order valence-corrected chi connectivity index (χ4v) is 2.82. The quantitative estimate of drug-likeness (QED) is 0.869. The minimum absolute atomic E-state index is 0.0591. The van der Waals surface area contributed by atoms with E-state index in [1.165, 1.54) is 0 Å². The highest BCUT2D eigenvalue weighted by Gasteiger charge is 2.26. The Morgan fingerprint density at radius 1 is 1.10 bits per heavy atom. The standard InChI is InChI=1S/C13H21N5O2/c19-13(16-11-3-9-20-10-4-11)17-7-1-12(2-8-17)18-14-5-6-15-18/h5-6,11-12H,1-4,7-10H2,(H,16,19). The van der Waals surface area contributed by atoms with Crippen molar-refractivity contribution in [2.75, 3.05) is 26.3 Å². The van der Waals surface area contributed by atoms with Gasteiger partial charge in [0, 0.05) is 32.3 Å². The second-order valence-electron chi connectivity index (χ2n) is 5.40. The highest BCUT2D eigenvalue weighted by atomic mass is 16.5. The number of carbonyl (C=O) groups excluding carboxylic acids is 1. The predicted octanol–water partition coefficient (Wildman–Crippen LogP) is 0.804. The summed E-state index contributed by atoms with van der Waals surface area (Å²) in [5.41, 5.74) is 0. The molecule has 0 radical (unpaired) electrons. The van der Waals surface area contributed by atoms with Crippen LogP contribution in [-0.2, 0) is 4.74 Å². The molecule has 1 aromatic heterocycles. The topological polar surface area (TPSA) is 72.3 Å². The lowest BCUT2D eigenvalue weighted by Crippen LogP contribution is -2.49. The van der Waals surface area contributed by atoms with Gasteiger partial charge in [0.2, 0.25) is 0 Å². The number of piperidine rings is 1. The molecule has 0 unspecified atom stereocenters. The van der Waals surface area contributed by atoms with Crippen molar-refractivity contribution >= 4 is 6.03 Å². The van der Waals surface area contributed by atoms with Crippen LogP contribution in [0.4, 0.5) is 4.79 Å². The minimum atomic E-state index is 0.0591. The Bertz CT molecular complexity index is 422. The molecule has 7 nitrogen and oxygen atoms in total. The van der Waals surface area contributed by atoms with Crippen LogP contribution < -0.4 is 5.32 Å². The monoisotopic (exact) mass is 279 g/mol. The van der Waals surface area contributed by atoms with E-state index in [2.05, 4.69) is 15.5 Å². The van der Waals surface area contributed by atoms with Crippen molar-refractivity contribution in [3.63, 3.8) is 0 Å². The van der Waals surface area contributed by atoms with E-state index in [0.29, 0.717) is 6.04 Å². The lowest BCUT2D eigenvalue weighted by atomic mass is 10.1. The smallest absolute Gasteiger partial charge is 0.317 e. The van der Waals surface area contributed by atoms with Gasteiger partial charge in [0.1, 0.15) is 0 Å². The van der Waals surface area contributed by atoms with E-state index in [1.54, 1.807) is 17.2 Å². The van der Waals surface area contributed by atoms with Crippen molar-refractivity contribution in [3.05, 3.63) is 12.4 Å². The number of urea groups is 1. The summed E-state index contributed by atoms with van der Waals surface area (Å²) < 4.78 is 5.30. The third-order valence-corrected chi connectivity index (χ3v) is 4.06. The summed E-state index contributed by atoms with van der Waals surface area (Å²) in [5.74, 6) is 0. The first kappa shape index (κ1) is 13.4. The molecule has 0 spiro atoms. The van der Waals surface area contributed by atoms with Gasteiger partial charge >= 0.3 is 6.03 Å². The first-order valence-electron chi connectivity index (χ1n) is 7.32. The zero-order chi connectivity index (χ0) is 13.8. The number of hydrogen-bond acceptors (Lipinski definition) is 4. The second kappa shape index (κ2) is 6.21. The molecular formula is C13H21N5O2. The first-order valence-corrected chi connectivity index (χ1v) is 7.32. The van der Waals surface area contributed by atoms with Crippen LogP contribution in [0.3, 0.4) is 0 Å². The Kier molecular flexibility index (Phi) is 4.15. The van der Waals surface area contributed by atoms with E-state index in [0.717, 1.165) is 52.0 Å². The van der Waals surface area contributed by atoms with Crippen molar-refractivity contribution in [1.29, 1.82) is 0 Å². The number of carbonyl (C=O) groups is 1. The Morgan fingerprint density at radius 3 is 2.40 bits per heavy atom. The predicted molar refractivity (Wildman–Crippen MR) is 72.2 cm³/mol. The average Bonchev–Trinajstić information content (AvgIpc) is 3.03. The molecule has 2 saturated heterocycles. The summed E-state index contributed by atoms with van der Waals surface area (Å²) in [4.78, 5) is 15.9. The van der Waals surface area contributed by atoms with Gasteiger partial charge in [-0.1, -0.05) is 0 Å². The normalized spacial score (nSPS) is 21.9. The van der Waals surface area contributed by atoms with E-state index in [9.17, 15) is 4.79 Å². The Morgan fingerprint density at radius 2 is 1.75 bits per heavy atom. The van der Waals surface area contributed by atoms with Crippen LogP contribution in [0, 0.1) is 0 Å². The summed E-state index contributed by atoms with van der Waals surface area (Å²) in [6.07, 6.45) is 7.05. The van der Waals surface area contributed by atoms with Crippen LogP contribution in [0.2, 0.25) is 0 Å². The van der Waals surface area contributed by atoms with E-state index < -0.39 is 0 Å². The SMILES string of the molecule is O=C(NC1CCOCC1)N1CCC(n2nccn2)CC1. The molecular weight excluding hydrogens is 258 g/mol. The van der Waals surface area contributed by atoms with E-state index >= 15 is 0 Å². The molecule has 2 fully saturated rings. The van der Waals surface area contributed by atoms with Gasteiger partial charge in [-0.05, 0) is 25.7 Å². The number of ether oxygens (including phenoxy) is 1. The molecule has 110 valence electrons. The Balaban J connectivity index is 1.46. The van der Waals surface area contributed by atoms with Crippen molar-refractivity contribution in [2.24, 2.45) is 0 Å². The number of nitrogens with one attached hydrogen (secondary N) is 1. The van der Waals surface area contributed by atoms with Gasteiger partial charge in [-0.25, -0.2) is 4.79 Å². The number of amides is 2. The zero-order valence-corrected chi connectivity index (χ0v) is 11.6. The molecule has 2 amide bonds. The highest BCUT2D eigenvalue weighted by molar-refractivity contribution is 5.74. The summed E-state index contributed by atoms with van der Waals surface area (Å²) in [7, 11) is 0. The average molecular weight is 279 g/mol. The second-order valence-corrected chi connectivity index (χ2v) is 5.40. The van der Waals surface area contributed by atoms with Gasteiger partial charge in [0.15, 0.2) is 0 Å². The van der Waals surface area contributed by atoms with E-state index in [-0.39, 0.29) is 12.1 Å². The lowest BCUT2D eigenvalue weighted by Gasteiger charge is -2.33. The van der Waals surface area contributed by atoms with Crippen molar-refractivity contribution in [1.82, 2.24) is 25.2 Å². The fourth-order valence-electron chi connectivity index (χ4n) is 2.82.